The number of carboxylic acid groups (broad SMARTS) is 1. The molecule has 0 aliphatic carbocycles. The summed E-state index contributed by atoms with van der Waals surface area (Å²) >= 11 is 0. The average Bonchev–Trinajstić information content (AvgIpc) is 2.31. The van der Waals surface area contributed by atoms with E-state index in [4.69, 9.17) is 14.7 Å². The minimum absolute atomic E-state index is 0.375. The molecule has 0 atom stereocenters. The van der Waals surface area contributed by atoms with Gasteiger partial charge in [0, 0.05) is 24.8 Å². The first-order valence-electron chi connectivity index (χ1n) is 3.82. The number of hydrogen-bond donors (Lipinski definition) is 1. The number of nitrogens with zero attached hydrogens (tertiary/aromatic N) is 2. The third-order valence-corrected chi connectivity index (χ3v) is 0.816. The molecule has 0 radical (unpaired) electrons. The van der Waals surface area contributed by atoms with Gasteiger partial charge in [0.1, 0.15) is 0 Å². The van der Waals surface area contributed by atoms with Gasteiger partial charge in [0.25, 0.3) is 6.47 Å². The van der Waals surface area contributed by atoms with Crippen molar-refractivity contribution < 1.29 is 32.6 Å². The monoisotopic (exact) mass is 254 g/mol. The van der Waals surface area contributed by atoms with E-state index in [0.717, 1.165) is 0 Å². The highest BCUT2D eigenvalue weighted by Crippen LogP contribution is 2.13. The maximum Gasteiger partial charge on any atom is 0.490 e. The number of ether oxygens (including phenoxy) is 1. The number of halogens is 3. The molecule has 1 heterocycles. The van der Waals surface area contributed by atoms with Crippen LogP contribution in [0.3, 0.4) is 0 Å². The van der Waals surface area contributed by atoms with Gasteiger partial charge in [0.2, 0.25) is 0 Å². The highest BCUT2D eigenvalue weighted by molar-refractivity contribution is 5.73. The molecule has 0 fully saturated rings. The molecule has 0 bridgehead atoms. The van der Waals surface area contributed by atoms with Crippen molar-refractivity contribution in [2.45, 2.75) is 6.18 Å². The van der Waals surface area contributed by atoms with Gasteiger partial charge in [-0.1, -0.05) is 0 Å². The Bertz CT molecular complexity index is 279. The van der Waals surface area contributed by atoms with E-state index in [1.807, 2.05) is 0 Å². The molecule has 0 amide bonds. The molecule has 0 saturated heterocycles. The van der Waals surface area contributed by atoms with Gasteiger partial charge in [-0.05, 0) is 0 Å². The molecule has 96 valence electrons. The van der Waals surface area contributed by atoms with Gasteiger partial charge >= 0.3 is 12.1 Å². The molecule has 6 nitrogen and oxygen atoms in total. The number of carbonyl (C=O) groups is 2. The average molecular weight is 254 g/mol. The third kappa shape index (κ3) is 16.5. The van der Waals surface area contributed by atoms with Gasteiger partial charge in [-0.2, -0.15) is 13.2 Å². The summed E-state index contributed by atoms with van der Waals surface area (Å²) in [7, 11) is 1.31. The van der Waals surface area contributed by atoms with E-state index in [0.29, 0.717) is 6.47 Å². The number of carbonyl (C=O) groups excluding carboxylic acids is 1. The predicted octanol–water partition coefficient (Wildman–Crippen LogP) is 0.899. The van der Waals surface area contributed by atoms with Crippen LogP contribution in [0.5, 0.6) is 0 Å². The summed E-state index contributed by atoms with van der Waals surface area (Å²) in [6.07, 6.45) is 1.47. The highest BCUT2D eigenvalue weighted by Gasteiger charge is 2.38. The summed E-state index contributed by atoms with van der Waals surface area (Å²) in [5.41, 5.74) is 0. The molecule has 0 aromatic carbocycles. The van der Waals surface area contributed by atoms with Crippen LogP contribution in [0.15, 0.2) is 24.8 Å². The molecule has 0 aliphatic heterocycles. The number of aliphatic carboxylic acids is 1. The van der Waals surface area contributed by atoms with Gasteiger partial charge in [-0.25, -0.2) is 4.79 Å². The van der Waals surface area contributed by atoms with E-state index in [2.05, 4.69) is 14.7 Å². The zero-order chi connectivity index (χ0) is 13.7. The number of hydrogen-bond acceptors (Lipinski definition) is 5. The third-order valence-electron chi connectivity index (χ3n) is 0.816. The highest BCUT2D eigenvalue weighted by atomic mass is 19.4. The number of carboxylic acids is 1. The Morgan fingerprint density at radius 2 is 1.47 bits per heavy atom. The molecule has 0 unspecified atom stereocenters. The topological polar surface area (TPSA) is 89.4 Å². The number of methoxy groups -OCH3 is 1. The summed E-state index contributed by atoms with van der Waals surface area (Å²) in [6, 6.07) is 0. The van der Waals surface area contributed by atoms with Crippen molar-refractivity contribution in [3.05, 3.63) is 24.8 Å². The molecule has 1 N–H and O–H groups in total. The second kappa shape index (κ2) is 10.3. The van der Waals surface area contributed by atoms with E-state index in [-0.39, 0.29) is 0 Å². The normalized spacial score (nSPS) is 8.71. The SMILES string of the molecule is COC=O.O=C(O)C(F)(F)F.c1cnccn1. The van der Waals surface area contributed by atoms with Crippen LogP contribution in [0, 0.1) is 0 Å². The van der Waals surface area contributed by atoms with Gasteiger partial charge < -0.3 is 9.84 Å². The fourth-order valence-corrected chi connectivity index (χ4v) is 0.253. The lowest BCUT2D eigenvalue weighted by molar-refractivity contribution is -0.192. The summed E-state index contributed by atoms with van der Waals surface area (Å²) in [4.78, 5) is 25.3. The Kier molecular flexibility index (Phi) is 10.5. The van der Waals surface area contributed by atoms with Crippen LogP contribution in [-0.2, 0) is 14.3 Å². The number of alkyl halides is 3. The lowest BCUT2D eigenvalue weighted by atomic mass is 10.7. The molecule has 0 saturated carbocycles. The zero-order valence-electron chi connectivity index (χ0n) is 8.59. The van der Waals surface area contributed by atoms with Crippen molar-refractivity contribution in [2.75, 3.05) is 7.11 Å². The van der Waals surface area contributed by atoms with Crippen LogP contribution in [0.2, 0.25) is 0 Å². The van der Waals surface area contributed by atoms with Crippen LogP contribution in [0.25, 0.3) is 0 Å². The second-order valence-electron chi connectivity index (χ2n) is 2.03. The first-order chi connectivity index (χ1) is 7.86. The fraction of sp³-hybridized carbons (Fsp3) is 0.250. The van der Waals surface area contributed by atoms with E-state index < -0.39 is 12.1 Å². The van der Waals surface area contributed by atoms with Crippen molar-refractivity contribution >= 4 is 12.4 Å². The molecule has 1 aromatic heterocycles. The first-order valence-corrected chi connectivity index (χ1v) is 3.82. The van der Waals surface area contributed by atoms with Crippen molar-refractivity contribution in [3.8, 4) is 0 Å². The minimum Gasteiger partial charge on any atom is -0.475 e. The van der Waals surface area contributed by atoms with Crippen LogP contribution in [0.4, 0.5) is 13.2 Å². The van der Waals surface area contributed by atoms with Crippen molar-refractivity contribution in [1.82, 2.24) is 9.97 Å². The van der Waals surface area contributed by atoms with Crippen LogP contribution in [-0.4, -0.2) is 40.8 Å². The van der Waals surface area contributed by atoms with Crippen LogP contribution >= 0.6 is 0 Å². The largest absolute Gasteiger partial charge is 0.490 e. The molecule has 17 heavy (non-hydrogen) atoms. The molecular weight excluding hydrogens is 245 g/mol. The lowest BCUT2D eigenvalue weighted by Gasteiger charge is -1.93. The van der Waals surface area contributed by atoms with Gasteiger partial charge in [-0.15, -0.1) is 0 Å². The van der Waals surface area contributed by atoms with E-state index in [9.17, 15) is 13.2 Å². The Balaban J connectivity index is 0. The number of rotatable bonds is 1. The smallest absolute Gasteiger partial charge is 0.475 e. The predicted molar refractivity (Wildman–Crippen MR) is 48.8 cm³/mol. The minimum atomic E-state index is -5.08. The quantitative estimate of drug-likeness (QED) is 0.749. The first kappa shape index (κ1) is 17.2. The summed E-state index contributed by atoms with van der Waals surface area (Å²) in [5.74, 6) is -2.76. The van der Waals surface area contributed by atoms with Crippen molar-refractivity contribution in [1.29, 1.82) is 0 Å². The molecule has 9 heteroatoms. The number of aromatic nitrogens is 2. The maximum absolute atomic E-state index is 10.6. The molecule has 0 aliphatic rings. The van der Waals surface area contributed by atoms with Crippen LogP contribution in [0.1, 0.15) is 0 Å². The van der Waals surface area contributed by atoms with Gasteiger partial charge in [-0.3, -0.25) is 14.8 Å². The van der Waals surface area contributed by atoms with E-state index in [1.54, 1.807) is 24.8 Å². The summed E-state index contributed by atoms with van der Waals surface area (Å²) < 4.78 is 35.6. The van der Waals surface area contributed by atoms with Crippen molar-refractivity contribution in [3.63, 3.8) is 0 Å². The Hall–Kier alpha value is -2.19. The van der Waals surface area contributed by atoms with Crippen molar-refractivity contribution in [2.24, 2.45) is 0 Å². The summed E-state index contributed by atoms with van der Waals surface area (Å²) in [5, 5.41) is 7.12. The van der Waals surface area contributed by atoms with Gasteiger partial charge in [0.05, 0.1) is 7.11 Å². The molecular formula is C8H9F3N2O4. The fourth-order valence-electron chi connectivity index (χ4n) is 0.253. The maximum atomic E-state index is 10.6. The van der Waals surface area contributed by atoms with Crippen LogP contribution < -0.4 is 0 Å². The molecule has 1 rings (SSSR count). The zero-order valence-corrected chi connectivity index (χ0v) is 8.59. The molecule has 0 spiro atoms. The van der Waals surface area contributed by atoms with E-state index in [1.165, 1.54) is 7.11 Å². The summed E-state index contributed by atoms with van der Waals surface area (Å²) in [6.45, 7) is 0.375. The standard InChI is InChI=1S/C4H4N2.C2HF3O2.C2H4O2/c1-2-6-4-3-5-1;3-2(4,5)1(6)7;1-4-2-3/h1-4H;(H,6,7);2H,1H3. The second-order valence-corrected chi connectivity index (χ2v) is 2.03. The lowest BCUT2D eigenvalue weighted by Crippen LogP contribution is -2.21. The van der Waals surface area contributed by atoms with E-state index >= 15 is 0 Å². The Morgan fingerprint density at radius 1 is 1.24 bits per heavy atom. The Morgan fingerprint density at radius 3 is 1.53 bits per heavy atom. The molecule has 1 aromatic rings. The van der Waals surface area contributed by atoms with Gasteiger partial charge in [0.15, 0.2) is 0 Å². The Labute approximate surface area is 94.1 Å².